The minimum absolute atomic E-state index is 0.265. The van der Waals surface area contributed by atoms with Gasteiger partial charge in [0, 0.05) is 0 Å². The molecule has 8 nitrogen and oxygen atoms in total. The normalized spacial score (nSPS) is 18.3. The average molecular weight is 515 g/mol. The van der Waals surface area contributed by atoms with E-state index >= 15 is 0 Å². The monoisotopic (exact) mass is 514 g/mol. The smallest absolute Gasteiger partial charge is 0.258 e. The van der Waals surface area contributed by atoms with Crippen molar-refractivity contribution in [1.82, 2.24) is 15.2 Å². The molecule has 1 aliphatic rings. The molecule has 2 heterocycles. The minimum atomic E-state index is -1.42. The zero-order valence-electron chi connectivity index (χ0n) is 18.0. The average Bonchev–Trinajstić information content (AvgIpc) is 3.24. The number of fused-ring (bicyclic) bond motifs is 1. The van der Waals surface area contributed by atoms with Crippen molar-refractivity contribution >= 4 is 60.9 Å². The van der Waals surface area contributed by atoms with Crippen LogP contribution in [-0.2, 0) is 14.4 Å². The summed E-state index contributed by atoms with van der Waals surface area (Å²) in [4.78, 5) is 42.8. The highest BCUT2D eigenvalue weighted by Gasteiger charge is 2.52. The number of carboxylic acids is 1. The van der Waals surface area contributed by atoms with Gasteiger partial charge in [-0.3, -0.25) is 9.59 Å². The number of carbonyl (C=O) groups is 3. The van der Waals surface area contributed by atoms with Crippen LogP contribution in [0.15, 0.2) is 71.1 Å². The van der Waals surface area contributed by atoms with Gasteiger partial charge in [-0.2, -0.15) is 0 Å². The van der Waals surface area contributed by atoms with Crippen LogP contribution in [0.3, 0.4) is 0 Å². The lowest BCUT2D eigenvalue weighted by Crippen LogP contribution is -2.74. The van der Waals surface area contributed by atoms with Crippen LogP contribution in [0.25, 0.3) is 10.2 Å². The molecule has 0 spiro atoms. The van der Waals surface area contributed by atoms with Gasteiger partial charge < -0.3 is 24.9 Å². The van der Waals surface area contributed by atoms with Crippen LogP contribution in [0.1, 0.15) is 6.92 Å². The number of nitrogens with one attached hydrogen (secondary N) is 1. The summed E-state index contributed by atoms with van der Waals surface area (Å²) in [6.45, 7) is 4.94. The van der Waals surface area contributed by atoms with E-state index in [0.29, 0.717) is 5.75 Å². The molecule has 0 saturated carbocycles. The van der Waals surface area contributed by atoms with E-state index in [1.54, 1.807) is 24.3 Å². The third-order valence-electron chi connectivity index (χ3n) is 4.97. The number of hydrogen-bond donors (Lipinski definition) is 1. The molecule has 1 aromatic heterocycles. The fourth-order valence-corrected chi connectivity index (χ4v) is 7.36. The molecule has 3 aromatic rings. The largest absolute Gasteiger partial charge is 0.548 e. The summed E-state index contributed by atoms with van der Waals surface area (Å²) < 4.78 is 7.22. The Morgan fingerprint density at radius 1 is 1.24 bits per heavy atom. The number of aliphatic carboxylic acids is 1. The van der Waals surface area contributed by atoms with Crippen LogP contribution in [0.2, 0.25) is 0 Å². The second-order valence-electron chi connectivity index (χ2n) is 7.48. The number of para-hydroxylation sites is 2. The van der Waals surface area contributed by atoms with Gasteiger partial charge in [0.25, 0.3) is 5.91 Å². The number of benzene rings is 2. The molecule has 2 amide bonds. The first-order valence-corrected chi connectivity index (χ1v) is 13.2. The lowest BCUT2D eigenvalue weighted by molar-refractivity contribution is -0.310. The van der Waals surface area contributed by atoms with Crippen molar-refractivity contribution in [1.29, 1.82) is 0 Å². The molecule has 0 bridgehead atoms. The number of carboxylic acid groups (broad SMARTS) is 1. The van der Waals surface area contributed by atoms with Gasteiger partial charge in [-0.15, -0.1) is 11.3 Å². The summed E-state index contributed by atoms with van der Waals surface area (Å²) >= 11 is 1.49. The molecule has 1 aliphatic heterocycles. The van der Waals surface area contributed by atoms with Gasteiger partial charge in [-0.1, -0.05) is 53.3 Å². The van der Waals surface area contributed by atoms with Crippen molar-refractivity contribution in [3.05, 3.63) is 66.7 Å². The number of amides is 2. The van der Waals surface area contributed by atoms with Gasteiger partial charge in [-0.25, -0.2) is 4.98 Å². The highest BCUT2D eigenvalue weighted by Crippen LogP contribution is 2.45. The van der Waals surface area contributed by atoms with Crippen molar-refractivity contribution in [3.8, 4) is 5.75 Å². The number of β-lactam (4-membered cyclic amide) rings is 1. The number of carbonyl (C=O) groups excluding carboxylic acids is 3. The molecule has 0 radical (unpaired) electrons. The van der Waals surface area contributed by atoms with Crippen molar-refractivity contribution in [2.45, 2.75) is 28.7 Å². The van der Waals surface area contributed by atoms with E-state index in [4.69, 9.17) is 4.74 Å². The maximum absolute atomic E-state index is 12.9. The SMILES string of the molecule is C=C(C)C(C(=O)[O-])N1C(=O)C(NC(=O)COc2ccccc2)C1SSc1nc2ccccc2s1. The first-order valence-electron chi connectivity index (χ1n) is 10.2. The summed E-state index contributed by atoms with van der Waals surface area (Å²) in [5.41, 5.74) is 1.12. The molecular formula is C23H20N3O5S3-. The molecule has 176 valence electrons. The lowest BCUT2D eigenvalue weighted by atomic mass is 9.99. The maximum Gasteiger partial charge on any atom is 0.258 e. The molecule has 3 atom stereocenters. The van der Waals surface area contributed by atoms with E-state index in [1.807, 2.05) is 30.3 Å². The Hall–Kier alpha value is -3.02. The quantitative estimate of drug-likeness (QED) is 0.250. The lowest BCUT2D eigenvalue weighted by Gasteiger charge is -2.50. The van der Waals surface area contributed by atoms with Gasteiger partial charge >= 0.3 is 0 Å². The van der Waals surface area contributed by atoms with E-state index in [-0.39, 0.29) is 12.2 Å². The zero-order valence-corrected chi connectivity index (χ0v) is 20.5. The molecule has 1 fully saturated rings. The third-order valence-corrected chi connectivity index (χ3v) is 9.00. The van der Waals surface area contributed by atoms with E-state index in [1.165, 1.54) is 44.7 Å². The topological polar surface area (TPSA) is 112 Å². The molecule has 4 rings (SSSR count). The minimum Gasteiger partial charge on any atom is -0.548 e. The van der Waals surface area contributed by atoms with Crippen LogP contribution < -0.4 is 15.2 Å². The Labute approximate surface area is 207 Å². The number of thiazole rings is 1. The van der Waals surface area contributed by atoms with Crippen molar-refractivity contribution < 1.29 is 24.2 Å². The van der Waals surface area contributed by atoms with E-state index in [2.05, 4.69) is 16.9 Å². The fourth-order valence-electron chi connectivity index (χ4n) is 3.41. The first-order chi connectivity index (χ1) is 16.3. The van der Waals surface area contributed by atoms with Crippen LogP contribution in [0.5, 0.6) is 5.75 Å². The summed E-state index contributed by atoms with van der Waals surface area (Å²) in [7, 11) is 2.58. The Morgan fingerprint density at radius 3 is 2.62 bits per heavy atom. The van der Waals surface area contributed by atoms with Gasteiger partial charge in [0.15, 0.2) is 10.9 Å². The van der Waals surface area contributed by atoms with Crippen LogP contribution in [0.4, 0.5) is 0 Å². The summed E-state index contributed by atoms with van der Waals surface area (Å²) in [6, 6.07) is 14.3. The second kappa shape index (κ2) is 10.5. The van der Waals surface area contributed by atoms with E-state index in [0.717, 1.165) is 14.6 Å². The van der Waals surface area contributed by atoms with Gasteiger partial charge in [0.05, 0.1) is 22.2 Å². The molecular weight excluding hydrogens is 494 g/mol. The molecule has 2 aromatic carbocycles. The summed E-state index contributed by atoms with van der Waals surface area (Å²) in [5, 5.41) is 13.7. The molecule has 34 heavy (non-hydrogen) atoms. The zero-order chi connectivity index (χ0) is 24.2. The van der Waals surface area contributed by atoms with Crippen molar-refractivity contribution in [2.75, 3.05) is 6.61 Å². The number of hydrogen-bond acceptors (Lipinski definition) is 9. The van der Waals surface area contributed by atoms with Crippen LogP contribution in [-0.4, -0.2) is 51.7 Å². The summed E-state index contributed by atoms with van der Waals surface area (Å²) in [6.07, 6.45) is 0. The van der Waals surface area contributed by atoms with Crippen LogP contribution >= 0.6 is 32.9 Å². The Balaban J connectivity index is 1.47. The highest BCUT2D eigenvalue weighted by atomic mass is 33.1. The van der Waals surface area contributed by atoms with Crippen LogP contribution in [0, 0.1) is 0 Å². The molecule has 3 unspecified atom stereocenters. The third kappa shape index (κ3) is 5.21. The van der Waals surface area contributed by atoms with Gasteiger partial charge in [-0.05, 0) is 42.0 Å². The number of aromatic nitrogens is 1. The number of ether oxygens (including phenoxy) is 1. The maximum atomic E-state index is 12.9. The number of rotatable bonds is 10. The highest BCUT2D eigenvalue weighted by molar-refractivity contribution is 8.77. The van der Waals surface area contributed by atoms with E-state index in [9.17, 15) is 19.5 Å². The summed E-state index contributed by atoms with van der Waals surface area (Å²) in [5.74, 6) is -1.91. The Kier molecular flexibility index (Phi) is 7.44. The predicted octanol–water partition coefficient (Wildman–Crippen LogP) is 2.46. The number of nitrogens with zero attached hydrogens (tertiary/aromatic N) is 2. The van der Waals surface area contributed by atoms with Crippen molar-refractivity contribution in [2.24, 2.45) is 0 Å². The second-order valence-corrected chi connectivity index (χ2v) is 11.1. The molecule has 1 N–H and O–H groups in total. The predicted molar refractivity (Wildman–Crippen MR) is 131 cm³/mol. The molecule has 0 aliphatic carbocycles. The fraction of sp³-hybridized carbons (Fsp3) is 0.217. The van der Waals surface area contributed by atoms with E-state index < -0.39 is 35.2 Å². The van der Waals surface area contributed by atoms with Gasteiger partial charge in [0.1, 0.15) is 17.2 Å². The Bertz CT molecular complexity index is 1190. The Morgan fingerprint density at radius 2 is 1.94 bits per heavy atom. The first kappa shape index (κ1) is 24.1. The number of likely N-dealkylation sites (tertiary alicyclic amines) is 1. The molecule has 1 saturated heterocycles. The van der Waals surface area contributed by atoms with Crippen molar-refractivity contribution in [3.63, 3.8) is 0 Å². The standard InChI is InChI=1S/C23H21N3O5S3/c1-13(2)19(22(29)30)26-20(28)18(25-17(27)12-31-14-8-4-3-5-9-14)21(26)33-34-23-24-15-10-6-7-11-16(15)32-23/h3-11,18-19,21H,1,12H2,2H3,(H,25,27)(H,29,30)/p-1. The molecule has 11 heteroatoms. The van der Waals surface area contributed by atoms with Gasteiger partial charge in [0.2, 0.25) is 5.91 Å².